The molecule has 1 aliphatic heterocycles. The number of nitrogens with one attached hydrogen (secondary N) is 1. The molecule has 1 heterocycles. The van der Waals surface area contributed by atoms with Crippen LogP contribution in [0.25, 0.3) is 0 Å². The first-order chi connectivity index (χ1) is 5.29. The van der Waals surface area contributed by atoms with Crippen molar-refractivity contribution in [2.45, 2.75) is 0 Å². The van der Waals surface area contributed by atoms with Crippen LogP contribution in [0.1, 0.15) is 0 Å². The summed E-state index contributed by atoms with van der Waals surface area (Å²) in [6.07, 6.45) is 0. The van der Waals surface area contributed by atoms with Gasteiger partial charge in [0.05, 0.1) is 0 Å². The van der Waals surface area contributed by atoms with Crippen molar-refractivity contribution in [3.63, 3.8) is 0 Å². The van der Waals surface area contributed by atoms with E-state index in [0.717, 1.165) is 13.1 Å². The van der Waals surface area contributed by atoms with Crippen LogP contribution < -0.4 is 5.32 Å². The molecule has 3 nitrogen and oxygen atoms in total. The predicted octanol–water partition coefficient (Wildman–Crippen LogP) is -0.547. The van der Waals surface area contributed by atoms with Gasteiger partial charge >= 0.3 is 0 Å². The van der Waals surface area contributed by atoms with Gasteiger partial charge in [0.25, 0.3) is 0 Å². The van der Waals surface area contributed by atoms with Crippen molar-refractivity contribution in [2.75, 3.05) is 53.4 Å². The monoisotopic (exact) mass is 157 g/mol. The summed E-state index contributed by atoms with van der Waals surface area (Å²) in [4.78, 5) is 4.74. The quantitative estimate of drug-likeness (QED) is 0.509. The van der Waals surface area contributed by atoms with Gasteiger partial charge in [-0.15, -0.1) is 0 Å². The molecule has 0 saturated carbocycles. The fourth-order valence-electron chi connectivity index (χ4n) is 1.23. The molecule has 1 fully saturated rings. The Balaban J connectivity index is 2.25. The summed E-state index contributed by atoms with van der Waals surface area (Å²) < 4.78 is 0. The molecule has 0 aromatic carbocycles. The van der Waals surface area contributed by atoms with Crippen molar-refractivity contribution in [1.82, 2.24) is 15.1 Å². The standard InChI is InChI=1S/C8H19N3/c1-10-5-3-9-4-6-11(2)8-7-10/h9H,3-8H2,1-2H3. The van der Waals surface area contributed by atoms with Gasteiger partial charge in [0.2, 0.25) is 0 Å². The Bertz CT molecular complexity index is 93.5. The van der Waals surface area contributed by atoms with E-state index >= 15 is 0 Å². The third kappa shape index (κ3) is 3.70. The van der Waals surface area contributed by atoms with Gasteiger partial charge in [-0.1, -0.05) is 0 Å². The molecular formula is C8H19N3. The molecule has 0 radical (unpaired) electrons. The lowest BCUT2D eigenvalue weighted by atomic mass is 10.5. The number of nitrogens with zero attached hydrogens (tertiary/aromatic N) is 2. The van der Waals surface area contributed by atoms with Gasteiger partial charge in [0.1, 0.15) is 0 Å². The maximum atomic E-state index is 3.40. The molecule has 0 aromatic rings. The lowest BCUT2D eigenvalue weighted by molar-refractivity contribution is 0.277. The van der Waals surface area contributed by atoms with Crippen molar-refractivity contribution >= 4 is 0 Å². The largest absolute Gasteiger partial charge is 0.314 e. The van der Waals surface area contributed by atoms with Gasteiger partial charge in [-0.25, -0.2) is 0 Å². The first-order valence-corrected chi connectivity index (χ1v) is 4.37. The summed E-state index contributed by atoms with van der Waals surface area (Å²) in [7, 11) is 4.36. The van der Waals surface area contributed by atoms with Crippen molar-refractivity contribution in [1.29, 1.82) is 0 Å². The Hall–Kier alpha value is -0.120. The number of hydrogen-bond acceptors (Lipinski definition) is 3. The zero-order valence-electron chi connectivity index (χ0n) is 7.64. The summed E-state index contributed by atoms with van der Waals surface area (Å²) in [6, 6.07) is 0. The van der Waals surface area contributed by atoms with E-state index in [0.29, 0.717) is 0 Å². The lowest BCUT2D eigenvalue weighted by Gasteiger charge is -2.18. The minimum absolute atomic E-state index is 1.13. The molecule has 11 heavy (non-hydrogen) atoms. The van der Waals surface area contributed by atoms with Crippen LogP contribution in [0.4, 0.5) is 0 Å². The first kappa shape index (κ1) is 8.97. The highest BCUT2D eigenvalue weighted by Crippen LogP contribution is 1.87. The van der Waals surface area contributed by atoms with Crippen molar-refractivity contribution in [3.05, 3.63) is 0 Å². The molecule has 66 valence electrons. The molecule has 1 aliphatic rings. The van der Waals surface area contributed by atoms with Gasteiger partial charge in [-0.05, 0) is 14.1 Å². The predicted molar refractivity (Wildman–Crippen MR) is 47.9 cm³/mol. The highest BCUT2D eigenvalue weighted by atomic mass is 15.2. The molecule has 1 saturated heterocycles. The average molecular weight is 157 g/mol. The van der Waals surface area contributed by atoms with Gasteiger partial charge in [0.15, 0.2) is 0 Å². The second-order valence-corrected chi connectivity index (χ2v) is 3.36. The third-order valence-electron chi connectivity index (χ3n) is 2.20. The molecule has 0 spiro atoms. The Morgan fingerprint density at radius 2 is 1.27 bits per heavy atom. The van der Waals surface area contributed by atoms with Crippen LogP contribution in [0.15, 0.2) is 0 Å². The van der Waals surface area contributed by atoms with E-state index in [1.165, 1.54) is 26.2 Å². The molecule has 3 heteroatoms. The summed E-state index contributed by atoms with van der Waals surface area (Å²) in [5.41, 5.74) is 0. The summed E-state index contributed by atoms with van der Waals surface area (Å²) in [6.45, 7) is 6.99. The van der Waals surface area contributed by atoms with E-state index in [-0.39, 0.29) is 0 Å². The molecule has 0 bridgehead atoms. The minimum Gasteiger partial charge on any atom is -0.314 e. The average Bonchev–Trinajstić information content (AvgIpc) is 2.06. The van der Waals surface area contributed by atoms with Gasteiger partial charge in [-0.3, -0.25) is 0 Å². The fourth-order valence-corrected chi connectivity index (χ4v) is 1.23. The highest BCUT2D eigenvalue weighted by Gasteiger charge is 2.04. The molecule has 0 aliphatic carbocycles. The molecule has 0 atom stereocenters. The normalized spacial score (nSPS) is 25.6. The topological polar surface area (TPSA) is 18.5 Å². The number of hydrogen-bond donors (Lipinski definition) is 1. The van der Waals surface area contributed by atoms with E-state index < -0.39 is 0 Å². The van der Waals surface area contributed by atoms with Crippen LogP contribution in [0.2, 0.25) is 0 Å². The van der Waals surface area contributed by atoms with Crippen LogP contribution in [0, 0.1) is 0 Å². The third-order valence-corrected chi connectivity index (χ3v) is 2.20. The van der Waals surface area contributed by atoms with Crippen LogP contribution in [-0.2, 0) is 0 Å². The molecule has 0 unspecified atom stereocenters. The van der Waals surface area contributed by atoms with Gasteiger partial charge in [0, 0.05) is 39.3 Å². The Morgan fingerprint density at radius 3 is 1.73 bits per heavy atom. The lowest BCUT2D eigenvalue weighted by Crippen LogP contribution is -2.31. The second kappa shape index (κ2) is 4.70. The molecule has 0 amide bonds. The van der Waals surface area contributed by atoms with Crippen molar-refractivity contribution < 1.29 is 0 Å². The minimum atomic E-state index is 1.13. The van der Waals surface area contributed by atoms with Crippen LogP contribution >= 0.6 is 0 Å². The molecule has 1 rings (SSSR count). The Labute approximate surface area is 69.4 Å². The van der Waals surface area contributed by atoms with Gasteiger partial charge < -0.3 is 15.1 Å². The first-order valence-electron chi connectivity index (χ1n) is 4.37. The van der Waals surface area contributed by atoms with E-state index in [4.69, 9.17) is 0 Å². The van der Waals surface area contributed by atoms with Crippen LogP contribution in [0.5, 0.6) is 0 Å². The zero-order chi connectivity index (χ0) is 8.10. The van der Waals surface area contributed by atoms with Crippen LogP contribution in [-0.4, -0.2) is 63.2 Å². The van der Waals surface area contributed by atoms with Crippen molar-refractivity contribution in [2.24, 2.45) is 0 Å². The SMILES string of the molecule is CN1CCNCCN(C)CC1. The van der Waals surface area contributed by atoms with E-state index in [1.807, 2.05) is 0 Å². The van der Waals surface area contributed by atoms with E-state index in [1.54, 1.807) is 0 Å². The van der Waals surface area contributed by atoms with Crippen molar-refractivity contribution in [3.8, 4) is 0 Å². The maximum Gasteiger partial charge on any atom is 0.0107 e. The number of likely N-dealkylation sites (N-methyl/N-ethyl adjacent to an activating group) is 2. The molecule has 1 N–H and O–H groups in total. The highest BCUT2D eigenvalue weighted by molar-refractivity contribution is 4.63. The Kier molecular flexibility index (Phi) is 3.83. The zero-order valence-corrected chi connectivity index (χ0v) is 7.64. The smallest absolute Gasteiger partial charge is 0.0107 e. The maximum absolute atomic E-state index is 3.40. The second-order valence-electron chi connectivity index (χ2n) is 3.36. The molecular weight excluding hydrogens is 138 g/mol. The van der Waals surface area contributed by atoms with Gasteiger partial charge in [-0.2, -0.15) is 0 Å². The van der Waals surface area contributed by atoms with E-state index in [2.05, 4.69) is 29.2 Å². The number of rotatable bonds is 0. The molecule has 0 aromatic heterocycles. The summed E-state index contributed by atoms with van der Waals surface area (Å²) >= 11 is 0. The summed E-state index contributed by atoms with van der Waals surface area (Å²) in [5, 5.41) is 3.40. The Morgan fingerprint density at radius 1 is 0.818 bits per heavy atom. The van der Waals surface area contributed by atoms with Crippen LogP contribution in [0.3, 0.4) is 0 Å². The summed E-state index contributed by atoms with van der Waals surface area (Å²) in [5.74, 6) is 0. The van der Waals surface area contributed by atoms with E-state index in [9.17, 15) is 0 Å². The fraction of sp³-hybridized carbons (Fsp3) is 1.00.